The van der Waals surface area contributed by atoms with E-state index in [-0.39, 0.29) is 11.3 Å². The number of carbonyl (C=O) groups is 2. The number of Topliss-reactive ketones (excluding diaryl/α,β-unsaturated/α-hetero) is 1. The number of aromatic carboxylic acids is 1. The van der Waals surface area contributed by atoms with Crippen LogP contribution in [0.5, 0.6) is 0 Å². The van der Waals surface area contributed by atoms with E-state index in [0.717, 1.165) is 54.0 Å². The third-order valence-corrected chi connectivity index (χ3v) is 5.67. The molecule has 31 heavy (non-hydrogen) atoms. The number of aromatic nitrogens is 2. The van der Waals surface area contributed by atoms with Crippen LogP contribution in [0.15, 0.2) is 54.6 Å². The molecule has 0 saturated carbocycles. The summed E-state index contributed by atoms with van der Waals surface area (Å²) in [5.41, 5.74) is 4.53. The van der Waals surface area contributed by atoms with Crippen molar-refractivity contribution in [2.45, 2.75) is 45.6 Å². The second-order valence-electron chi connectivity index (χ2n) is 7.84. The molecule has 0 atom stereocenters. The Bertz CT molecular complexity index is 1140. The first-order chi connectivity index (χ1) is 15.1. The summed E-state index contributed by atoms with van der Waals surface area (Å²) in [4.78, 5) is 29.1. The van der Waals surface area contributed by atoms with E-state index < -0.39 is 5.97 Å². The van der Waals surface area contributed by atoms with Crippen molar-refractivity contribution in [3.8, 4) is 11.1 Å². The molecule has 0 aliphatic heterocycles. The molecule has 3 aromatic rings. The second kappa shape index (κ2) is 9.13. The summed E-state index contributed by atoms with van der Waals surface area (Å²) in [6, 6.07) is 14.9. The molecule has 1 aliphatic rings. The van der Waals surface area contributed by atoms with E-state index >= 15 is 0 Å². The van der Waals surface area contributed by atoms with E-state index in [1.54, 1.807) is 12.1 Å². The van der Waals surface area contributed by atoms with Gasteiger partial charge in [-0.1, -0.05) is 55.5 Å². The molecule has 5 nitrogen and oxygen atoms in total. The topological polar surface area (TPSA) is 72.2 Å². The highest BCUT2D eigenvalue weighted by Crippen LogP contribution is 2.26. The van der Waals surface area contributed by atoms with Crippen LogP contribution in [0.1, 0.15) is 70.5 Å². The monoisotopic (exact) mass is 414 g/mol. The molecule has 0 saturated heterocycles. The van der Waals surface area contributed by atoms with Crippen molar-refractivity contribution in [3.05, 3.63) is 82.9 Å². The van der Waals surface area contributed by atoms with Crippen LogP contribution in [0.2, 0.25) is 0 Å². The van der Waals surface area contributed by atoms with E-state index in [9.17, 15) is 14.7 Å². The number of rotatable bonds is 6. The Hall–Kier alpha value is -3.47. The molecule has 158 valence electrons. The smallest absolute Gasteiger partial charge is 0.336 e. The lowest BCUT2D eigenvalue weighted by atomic mass is 9.98. The molecule has 0 spiro atoms. The third kappa shape index (κ3) is 4.36. The summed E-state index contributed by atoms with van der Waals surface area (Å²) >= 11 is 0. The molecule has 5 heteroatoms. The van der Waals surface area contributed by atoms with Crippen LogP contribution in [-0.2, 0) is 13.0 Å². The van der Waals surface area contributed by atoms with Crippen molar-refractivity contribution in [1.29, 1.82) is 0 Å². The zero-order valence-electron chi connectivity index (χ0n) is 17.7. The number of fused-ring (bicyclic) bond motifs is 1. The number of ketones is 1. The van der Waals surface area contributed by atoms with Crippen LogP contribution < -0.4 is 0 Å². The normalized spacial score (nSPS) is 13.9. The summed E-state index contributed by atoms with van der Waals surface area (Å²) in [5.74, 6) is 0.0530. The summed E-state index contributed by atoms with van der Waals surface area (Å²) in [6.07, 6.45) is 8.28. The fourth-order valence-corrected chi connectivity index (χ4v) is 4.11. The van der Waals surface area contributed by atoms with Crippen LogP contribution in [0.3, 0.4) is 0 Å². The number of carboxylic acid groups (broad SMARTS) is 1. The van der Waals surface area contributed by atoms with Gasteiger partial charge in [-0.2, -0.15) is 0 Å². The van der Waals surface area contributed by atoms with Crippen molar-refractivity contribution < 1.29 is 14.7 Å². The number of nitrogens with zero attached hydrogens (tertiary/aromatic N) is 2. The molecule has 0 bridgehead atoms. The lowest BCUT2D eigenvalue weighted by Crippen LogP contribution is -2.12. The maximum absolute atomic E-state index is 12.8. The van der Waals surface area contributed by atoms with Crippen molar-refractivity contribution in [1.82, 2.24) is 9.55 Å². The lowest BCUT2D eigenvalue weighted by Gasteiger charge is -2.12. The molecule has 0 radical (unpaired) electrons. The van der Waals surface area contributed by atoms with Gasteiger partial charge in [0.25, 0.3) is 0 Å². The van der Waals surface area contributed by atoms with Gasteiger partial charge >= 0.3 is 5.97 Å². The standard InChI is InChI=1S/C26H26N2O3/c1-2-3-12-24-27-22-10-6-7-11-23(29)25(22)28(24)17-18-13-15-19(16-14-18)20-8-4-5-9-21(20)26(30)31/h3-5,8-9,12-16H,2,6-7,10-11,17H2,1H3,(H,30,31). The first-order valence-electron chi connectivity index (χ1n) is 10.8. The van der Waals surface area contributed by atoms with Gasteiger partial charge in [-0.3, -0.25) is 4.79 Å². The first kappa shape index (κ1) is 20.8. The van der Waals surface area contributed by atoms with Gasteiger partial charge in [0.2, 0.25) is 0 Å². The van der Waals surface area contributed by atoms with Gasteiger partial charge in [-0.25, -0.2) is 9.78 Å². The maximum Gasteiger partial charge on any atom is 0.336 e. The van der Waals surface area contributed by atoms with Crippen LogP contribution in [0.25, 0.3) is 17.2 Å². The number of hydrogen-bond donors (Lipinski definition) is 1. The molecule has 1 aromatic heterocycles. The predicted octanol–water partition coefficient (Wildman–Crippen LogP) is 5.63. The molecule has 0 unspecified atom stereocenters. The van der Waals surface area contributed by atoms with Crippen molar-refractivity contribution in [2.24, 2.45) is 0 Å². The van der Waals surface area contributed by atoms with Gasteiger partial charge < -0.3 is 9.67 Å². The minimum Gasteiger partial charge on any atom is -0.478 e. The summed E-state index contributed by atoms with van der Waals surface area (Å²) in [7, 11) is 0. The molecule has 0 fully saturated rings. The highest BCUT2D eigenvalue weighted by atomic mass is 16.4. The van der Waals surface area contributed by atoms with E-state index in [0.29, 0.717) is 18.5 Å². The van der Waals surface area contributed by atoms with E-state index in [2.05, 4.69) is 13.0 Å². The molecule has 2 aromatic carbocycles. The SMILES string of the molecule is CCC=Cc1nc2c(n1Cc1ccc(-c3ccccc3C(=O)O)cc1)C(=O)CCCC2. The Kier molecular flexibility index (Phi) is 6.12. The third-order valence-electron chi connectivity index (χ3n) is 5.67. The number of aryl methyl sites for hydroxylation is 1. The van der Waals surface area contributed by atoms with Crippen LogP contribution in [0.4, 0.5) is 0 Å². The van der Waals surface area contributed by atoms with Gasteiger partial charge in [-0.15, -0.1) is 0 Å². The second-order valence-corrected chi connectivity index (χ2v) is 7.84. The highest BCUT2D eigenvalue weighted by Gasteiger charge is 2.24. The minimum absolute atomic E-state index is 0.170. The van der Waals surface area contributed by atoms with Gasteiger partial charge in [0.05, 0.1) is 11.3 Å². The van der Waals surface area contributed by atoms with E-state index in [1.807, 2.05) is 47.0 Å². The first-order valence-corrected chi connectivity index (χ1v) is 10.8. The Morgan fingerprint density at radius 1 is 1.10 bits per heavy atom. The van der Waals surface area contributed by atoms with Crippen LogP contribution >= 0.6 is 0 Å². The number of benzene rings is 2. The lowest BCUT2D eigenvalue weighted by molar-refractivity contribution is 0.0697. The molecule has 1 heterocycles. The predicted molar refractivity (Wildman–Crippen MR) is 121 cm³/mol. The Morgan fingerprint density at radius 3 is 2.58 bits per heavy atom. The average molecular weight is 415 g/mol. The quantitative estimate of drug-likeness (QED) is 0.531. The summed E-state index contributed by atoms with van der Waals surface area (Å²) < 4.78 is 2.04. The zero-order chi connectivity index (χ0) is 21.8. The Labute approximate surface area is 182 Å². The van der Waals surface area contributed by atoms with Crippen molar-refractivity contribution in [2.75, 3.05) is 0 Å². The van der Waals surface area contributed by atoms with Crippen molar-refractivity contribution >= 4 is 17.8 Å². The van der Waals surface area contributed by atoms with E-state index in [1.165, 1.54) is 0 Å². The molecular weight excluding hydrogens is 388 g/mol. The highest BCUT2D eigenvalue weighted by molar-refractivity contribution is 5.97. The minimum atomic E-state index is -0.938. The molecule has 1 N–H and O–H groups in total. The average Bonchev–Trinajstić information content (AvgIpc) is 3.01. The number of allylic oxidation sites excluding steroid dienone is 1. The van der Waals surface area contributed by atoms with E-state index in [4.69, 9.17) is 4.98 Å². The fraction of sp³-hybridized carbons (Fsp3) is 0.269. The van der Waals surface area contributed by atoms with Gasteiger partial charge in [0.1, 0.15) is 11.5 Å². The maximum atomic E-state index is 12.8. The zero-order valence-corrected chi connectivity index (χ0v) is 17.7. The van der Waals surface area contributed by atoms with Crippen LogP contribution in [-0.4, -0.2) is 26.4 Å². The van der Waals surface area contributed by atoms with Crippen molar-refractivity contribution in [3.63, 3.8) is 0 Å². The van der Waals surface area contributed by atoms with Crippen LogP contribution in [0, 0.1) is 0 Å². The molecule has 1 aliphatic carbocycles. The largest absolute Gasteiger partial charge is 0.478 e. The number of hydrogen-bond acceptors (Lipinski definition) is 3. The fourth-order valence-electron chi connectivity index (χ4n) is 4.11. The summed E-state index contributed by atoms with van der Waals surface area (Å²) in [5, 5.41) is 9.47. The Morgan fingerprint density at radius 2 is 1.84 bits per heavy atom. The number of carbonyl (C=O) groups excluding carboxylic acids is 1. The summed E-state index contributed by atoms with van der Waals surface area (Å²) in [6.45, 7) is 2.63. The molecule has 4 rings (SSSR count). The van der Waals surface area contributed by atoms with Gasteiger partial charge in [-0.05, 0) is 54.5 Å². The number of imidazole rings is 1. The molecular formula is C26H26N2O3. The van der Waals surface area contributed by atoms with Gasteiger partial charge in [0.15, 0.2) is 5.78 Å². The molecule has 0 amide bonds. The number of carboxylic acids is 1. The van der Waals surface area contributed by atoms with Gasteiger partial charge in [0, 0.05) is 13.0 Å². The Balaban J connectivity index is 1.69.